The fourth-order valence-corrected chi connectivity index (χ4v) is 2.33. The maximum Gasteiger partial charge on any atom is 0.319 e. The van der Waals surface area contributed by atoms with E-state index in [0.717, 1.165) is 17.5 Å². The second kappa shape index (κ2) is 14.4. The van der Waals surface area contributed by atoms with E-state index in [2.05, 4.69) is 27.5 Å². The zero-order chi connectivity index (χ0) is 16.9. The zero-order valence-electron chi connectivity index (χ0n) is 14.6. The average Bonchev–Trinajstić information content (AvgIpc) is 3.01. The fraction of sp³-hybridized carbons (Fsp3) is 0.750. The number of hydrogen-bond donors (Lipinski definition) is 2. The highest BCUT2D eigenvalue weighted by Gasteiger charge is 2.11. The first-order valence-electron chi connectivity index (χ1n) is 8.43. The molecule has 5 nitrogen and oxygen atoms in total. The Balaban J connectivity index is 0.00000529. The van der Waals surface area contributed by atoms with Crippen LogP contribution in [0, 0.1) is 0 Å². The highest BCUT2D eigenvalue weighted by Crippen LogP contribution is 2.11. The third-order valence-corrected chi connectivity index (χ3v) is 3.67. The number of nitrogens with zero attached hydrogens (tertiary/aromatic N) is 3. The van der Waals surface area contributed by atoms with Gasteiger partial charge in [-0.05, 0) is 6.42 Å². The second-order valence-corrected chi connectivity index (χ2v) is 5.50. The Hall–Kier alpha value is -0.930. The Morgan fingerprint density at radius 3 is 2.46 bits per heavy atom. The van der Waals surface area contributed by atoms with Crippen molar-refractivity contribution in [2.75, 3.05) is 13.6 Å². The van der Waals surface area contributed by atoms with E-state index in [0.29, 0.717) is 11.8 Å². The van der Waals surface area contributed by atoms with Gasteiger partial charge in [-0.2, -0.15) is 8.78 Å². The summed E-state index contributed by atoms with van der Waals surface area (Å²) in [6.07, 6.45) is 11.4. The van der Waals surface area contributed by atoms with E-state index in [4.69, 9.17) is 0 Å². The number of aromatic nitrogens is 2. The van der Waals surface area contributed by atoms with Crippen molar-refractivity contribution in [3.63, 3.8) is 0 Å². The molecule has 8 heteroatoms. The van der Waals surface area contributed by atoms with Crippen LogP contribution in [-0.4, -0.2) is 29.1 Å². The van der Waals surface area contributed by atoms with Crippen molar-refractivity contribution in [2.45, 2.75) is 65.0 Å². The molecule has 0 aromatic carbocycles. The van der Waals surface area contributed by atoms with Gasteiger partial charge in [-0.15, -0.1) is 24.0 Å². The Labute approximate surface area is 160 Å². The molecule has 0 fully saturated rings. The summed E-state index contributed by atoms with van der Waals surface area (Å²) in [4.78, 5) is 8.02. The molecule has 0 aliphatic rings. The first-order chi connectivity index (χ1) is 11.2. The molecule has 1 aromatic rings. The normalized spacial score (nSPS) is 11.5. The van der Waals surface area contributed by atoms with E-state index in [1.54, 1.807) is 7.05 Å². The summed E-state index contributed by atoms with van der Waals surface area (Å²) in [5.41, 5.74) is 0. The Morgan fingerprint density at radius 1 is 1.17 bits per heavy atom. The van der Waals surface area contributed by atoms with Crippen LogP contribution in [0.3, 0.4) is 0 Å². The quantitative estimate of drug-likeness (QED) is 0.225. The number of aliphatic imine (C=N–C) groups is 1. The number of unbranched alkanes of at least 4 members (excludes halogenated alkanes) is 6. The van der Waals surface area contributed by atoms with Crippen molar-refractivity contribution in [1.29, 1.82) is 0 Å². The van der Waals surface area contributed by atoms with E-state index in [1.807, 2.05) is 0 Å². The van der Waals surface area contributed by atoms with Gasteiger partial charge in [-0.1, -0.05) is 45.4 Å². The lowest BCUT2D eigenvalue weighted by Gasteiger charge is -2.12. The van der Waals surface area contributed by atoms with E-state index < -0.39 is 6.55 Å². The highest BCUT2D eigenvalue weighted by molar-refractivity contribution is 14.0. The van der Waals surface area contributed by atoms with Gasteiger partial charge in [0.25, 0.3) is 0 Å². The van der Waals surface area contributed by atoms with Crippen LogP contribution in [0.5, 0.6) is 0 Å². The summed E-state index contributed by atoms with van der Waals surface area (Å²) in [7, 11) is 1.67. The lowest BCUT2D eigenvalue weighted by molar-refractivity contribution is 0.0668. The number of imidazole rings is 1. The summed E-state index contributed by atoms with van der Waals surface area (Å²) < 4.78 is 26.3. The summed E-state index contributed by atoms with van der Waals surface area (Å²) >= 11 is 0. The minimum Gasteiger partial charge on any atom is -0.356 e. The van der Waals surface area contributed by atoms with E-state index in [9.17, 15) is 8.78 Å². The summed E-state index contributed by atoms with van der Waals surface area (Å²) in [6, 6.07) is 0. The standard InChI is InChI=1S/C16H29F2N5.HI/c1-3-4-5-6-7-8-9-10-21-16(19-2)22-13-14-20-11-12-23(14)15(17)18;/h11-12,15H,3-10,13H2,1-2H3,(H2,19,21,22);1H. The average molecular weight is 457 g/mol. The molecular formula is C16H30F2IN5. The molecule has 1 aromatic heterocycles. The van der Waals surface area contributed by atoms with Crippen molar-refractivity contribution >= 4 is 29.9 Å². The first-order valence-corrected chi connectivity index (χ1v) is 8.43. The Kier molecular flexibility index (Phi) is 13.9. The first kappa shape index (κ1) is 23.1. The highest BCUT2D eigenvalue weighted by atomic mass is 127. The third kappa shape index (κ3) is 9.39. The molecule has 0 unspecified atom stereocenters. The van der Waals surface area contributed by atoms with Crippen molar-refractivity contribution in [1.82, 2.24) is 20.2 Å². The molecule has 24 heavy (non-hydrogen) atoms. The molecule has 0 saturated heterocycles. The largest absolute Gasteiger partial charge is 0.356 e. The number of guanidine groups is 1. The monoisotopic (exact) mass is 457 g/mol. The van der Waals surface area contributed by atoms with Crippen molar-refractivity contribution in [3.8, 4) is 0 Å². The predicted octanol–water partition coefficient (Wildman–Crippen LogP) is 4.31. The van der Waals surface area contributed by atoms with Gasteiger partial charge in [0, 0.05) is 26.0 Å². The molecule has 0 atom stereocenters. The minimum absolute atomic E-state index is 0. The number of hydrogen-bond acceptors (Lipinski definition) is 2. The van der Waals surface area contributed by atoms with Gasteiger partial charge in [0.15, 0.2) is 5.96 Å². The van der Waals surface area contributed by atoms with Crippen LogP contribution in [0.4, 0.5) is 8.78 Å². The van der Waals surface area contributed by atoms with Gasteiger partial charge < -0.3 is 10.6 Å². The van der Waals surface area contributed by atoms with Gasteiger partial charge in [-0.25, -0.2) is 4.98 Å². The molecule has 1 rings (SSSR count). The van der Waals surface area contributed by atoms with Gasteiger partial charge in [0.1, 0.15) is 5.82 Å². The molecule has 0 bridgehead atoms. The molecule has 1 heterocycles. The zero-order valence-corrected chi connectivity index (χ0v) is 16.9. The summed E-state index contributed by atoms with van der Waals surface area (Å²) in [6.45, 7) is 0.693. The summed E-state index contributed by atoms with van der Waals surface area (Å²) in [5.74, 6) is 0.902. The van der Waals surface area contributed by atoms with Gasteiger partial charge in [0.05, 0.1) is 6.54 Å². The lowest BCUT2D eigenvalue weighted by Crippen LogP contribution is -2.37. The van der Waals surface area contributed by atoms with Crippen LogP contribution >= 0.6 is 24.0 Å². The molecule has 0 amide bonds. The predicted molar refractivity (Wildman–Crippen MR) is 105 cm³/mol. The van der Waals surface area contributed by atoms with E-state index in [1.165, 1.54) is 50.9 Å². The molecule has 0 aliphatic heterocycles. The molecule has 0 aliphatic carbocycles. The van der Waals surface area contributed by atoms with Crippen LogP contribution in [0.1, 0.15) is 64.2 Å². The van der Waals surface area contributed by atoms with Gasteiger partial charge >= 0.3 is 6.55 Å². The molecular weight excluding hydrogens is 427 g/mol. The fourth-order valence-electron chi connectivity index (χ4n) is 2.33. The van der Waals surface area contributed by atoms with Crippen LogP contribution in [0.2, 0.25) is 0 Å². The SMILES string of the molecule is CCCCCCCCCNC(=NC)NCc1nccn1C(F)F.I. The lowest BCUT2D eigenvalue weighted by atomic mass is 10.1. The molecule has 0 spiro atoms. The number of rotatable bonds is 11. The second-order valence-electron chi connectivity index (χ2n) is 5.50. The van der Waals surface area contributed by atoms with Crippen LogP contribution in [0.25, 0.3) is 0 Å². The molecule has 140 valence electrons. The number of halogens is 3. The molecule has 2 N–H and O–H groups in total. The number of nitrogens with one attached hydrogen (secondary N) is 2. The molecule has 0 saturated carbocycles. The van der Waals surface area contributed by atoms with Gasteiger partial charge in [0.2, 0.25) is 0 Å². The van der Waals surface area contributed by atoms with Crippen LogP contribution in [-0.2, 0) is 6.54 Å². The van der Waals surface area contributed by atoms with Crippen molar-refractivity contribution in [3.05, 3.63) is 18.2 Å². The van der Waals surface area contributed by atoms with E-state index >= 15 is 0 Å². The van der Waals surface area contributed by atoms with Crippen molar-refractivity contribution < 1.29 is 8.78 Å². The maximum atomic E-state index is 12.7. The maximum absolute atomic E-state index is 12.7. The van der Waals surface area contributed by atoms with Crippen molar-refractivity contribution in [2.24, 2.45) is 4.99 Å². The third-order valence-electron chi connectivity index (χ3n) is 3.67. The Morgan fingerprint density at radius 2 is 1.83 bits per heavy atom. The van der Waals surface area contributed by atoms with Crippen LogP contribution < -0.4 is 10.6 Å². The van der Waals surface area contributed by atoms with Crippen LogP contribution in [0.15, 0.2) is 17.4 Å². The number of alkyl halides is 2. The molecule has 0 radical (unpaired) electrons. The van der Waals surface area contributed by atoms with Gasteiger partial charge in [-0.3, -0.25) is 9.56 Å². The minimum atomic E-state index is -2.57. The smallest absolute Gasteiger partial charge is 0.319 e. The topological polar surface area (TPSA) is 54.2 Å². The summed E-state index contributed by atoms with van der Waals surface area (Å²) in [5, 5.41) is 6.21. The van der Waals surface area contributed by atoms with E-state index in [-0.39, 0.29) is 30.5 Å². The Bertz CT molecular complexity index is 451.